The molecule has 0 aromatic rings. The summed E-state index contributed by atoms with van der Waals surface area (Å²) in [7, 11) is 0. The molecule has 0 spiro atoms. The summed E-state index contributed by atoms with van der Waals surface area (Å²) in [6.45, 7) is 4.87. The Bertz CT molecular complexity index is 53.7. The molecule has 0 N–H and O–H groups in total. The molecule has 0 unspecified atom stereocenters. The summed E-state index contributed by atoms with van der Waals surface area (Å²) in [5.41, 5.74) is 0. The third-order valence-corrected chi connectivity index (χ3v) is 0.305. The molecule has 2 nitrogen and oxygen atoms in total. The Morgan fingerprint density at radius 2 is 2.29 bits per heavy atom. The minimum atomic E-state index is -0.273. The molecule has 0 bridgehead atoms. The van der Waals surface area contributed by atoms with Crippen molar-refractivity contribution in [2.45, 2.75) is 6.92 Å². The molecule has 7 heavy (non-hydrogen) atoms. The number of rotatable bonds is 1. The average molecular weight is 94.0 g/mol. The third kappa shape index (κ3) is 10.7. The SMILES string of the molecule is [CH2-]COC(C)=O.[Li+]. The summed E-state index contributed by atoms with van der Waals surface area (Å²) in [4.78, 5) is 9.78. The first-order valence-corrected chi connectivity index (χ1v) is 1.70. The zero-order valence-corrected chi connectivity index (χ0v) is 4.73. The summed E-state index contributed by atoms with van der Waals surface area (Å²) < 4.78 is 4.29. The first kappa shape index (κ1) is 10.1. The van der Waals surface area contributed by atoms with Crippen LogP contribution in [-0.4, -0.2) is 12.6 Å². The van der Waals surface area contributed by atoms with E-state index in [2.05, 4.69) is 11.7 Å². The van der Waals surface area contributed by atoms with Gasteiger partial charge in [0.2, 0.25) is 0 Å². The molecule has 0 aliphatic carbocycles. The van der Waals surface area contributed by atoms with Gasteiger partial charge in [0.05, 0.1) is 0 Å². The second-order valence-electron chi connectivity index (χ2n) is 0.840. The van der Waals surface area contributed by atoms with Crippen molar-refractivity contribution in [3.8, 4) is 0 Å². The summed E-state index contributed by atoms with van der Waals surface area (Å²) in [5, 5.41) is 0. The Morgan fingerprint density at radius 1 is 1.86 bits per heavy atom. The van der Waals surface area contributed by atoms with E-state index in [4.69, 9.17) is 0 Å². The number of esters is 1. The van der Waals surface area contributed by atoms with Crippen molar-refractivity contribution in [3.05, 3.63) is 6.92 Å². The van der Waals surface area contributed by atoms with E-state index in [0.29, 0.717) is 0 Å². The second-order valence-corrected chi connectivity index (χ2v) is 0.840. The van der Waals surface area contributed by atoms with E-state index in [1.165, 1.54) is 6.92 Å². The molecule has 0 aromatic carbocycles. The Kier molecular flexibility index (Phi) is 8.78. The Labute approximate surface area is 55.4 Å². The van der Waals surface area contributed by atoms with Crippen LogP contribution in [0.5, 0.6) is 0 Å². The monoisotopic (exact) mass is 94.1 g/mol. The molecular formula is C4H7LiO2. The van der Waals surface area contributed by atoms with Gasteiger partial charge in [-0.25, -0.2) is 0 Å². The standard InChI is InChI=1S/C4H7O2.Li/c1-3-6-4(2)5;/h1,3H2,2H3;/q-1;+1. The molecule has 0 saturated carbocycles. The summed E-state index contributed by atoms with van der Waals surface area (Å²) in [5.74, 6) is -0.273. The maximum absolute atomic E-state index is 9.78. The van der Waals surface area contributed by atoms with E-state index < -0.39 is 0 Å². The van der Waals surface area contributed by atoms with Crippen LogP contribution in [0.3, 0.4) is 0 Å². The van der Waals surface area contributed by atoms with Crippen LogP contribution in [0.25, 0.3) is 0 Å². The van der Waals surface area contributed by atoms with Crippen LogP contribution in [0.15, 0.2) is 0 Å². The molecule has 0 aliphatic rings. The molecule has 3 heteroatoms. The van der Waals surface area contributed by atoms with Crippen molar-refractivity contribution >= 4 is 5.97 Å². The number of hydrogen-bond acceptors (Lipinski definition) is 2. The Hall–Kier alpha value is 0.0674. The summed E-state index contributed by atoms with van der Waals surface area (Å²) >= 11 is 0. The molecule has 0 aliphatic heterocycles. The minimum absolute atomic E-state index is 0. The van der Waals surface area contributed by atoms with Gasteiger partial charge in [0.15, 0.2) is 0 Å². The van der Waals surface area contributed by atoms with Crippen LogP contribution in [0.4, 0.5) is 0 Å². The maximum Gasteiger partial charge on any atom is 1.00 e. The van der Waals surface area contributed by atoms with Crippen molar-refractivity contribution in [3.63, 3.8) is 0 Å². The second kappa shape index (κ2) is 6.07. The topological polar surface area (TPSA) is 26.3 Å². The van der Waals surface area contributed by atoms with Gasteiger partial charge in [-0.1, -0.05) is 0 Å². The van der Waals surface area contributed by atoms with Crippen molar-refractivity contribution < 1.29 is 28.4 Å². The number of carbonyl (C=O) groups excluding carboxylic acids is 1. The zero-order chi connectivity index (χ0) is 4.99. The maximum atomic E-state index is 9.78. The molecule has 0 aromatic heterocycles. The van der Waals surface area contributed by atoms with Gasteiger partial charge in [-0.15, -0.1) is 0 Å². The molecule has 0 saturated heterocycles. The number of hydrogen-bond donors (Lipinski definition) is 0. The fourth-order valence-corrected chi connectivity index (χ4v) is 0.144. The van der Waals surface area contributed by atoms with E-state index in [-0.39, 0.29) is 31.4 Å². The Balaban J connectivity index is 0. The molecular weight excluding hydrogens is 87.0 g/mol. The van der Waals surface area contributed by atoms with Gasteiger partial charge in [-0.3, -0.25) is 4.79 Å². The van der Waals surface area contributed by atoms with Gasteiger partial charge in [0.25, 0.3) is 5.97 Å². The first-order valence-electron chi connectivity index (χ1n) is 1.70. The van der Waals surface area contributed by atoms with Crippen molar-refractivity contribution in [1.29, 1.82) is 0 Å². The van der Waals surface area contributed by atoms with Gasteiger partial charge < -0.3 is 11.7 Å². The van der Waals surface area contributed by atoms with E-state index >= 15 is 0 Å². The van der Waals surface area contributed by atoms with Crippen molar-refractivity contribution in [1.82, 2.24) is 0 Å². The first-order chi connectivity index (χ1) is 2.77. The molecule has 0 fully saturated rings. The van der Waals surface area contributed by atoms with Crippen LogP contribution >= 0.6 is 0 Å². The van der Waals surface area contributed by atoms with E-state index in [1.807, 2.05) is 0 Å². The van der Waals surface area contributed by atoms with Crippen LogP contribution < -0.4 is 18.9 Å². The molecule has 36 valence electrons. The summed E-state index contributed by atoms with van der Waals surface area (Å²) in [6.07, 6.45) is 0. The van der Waals surface area contributed by atoms with Gasteiger partial charge in [0, 0.05) is 6.92 Å². The van der Waals surface area contributed by atoms with Gasteiger partial charge in [-0.2, -0.15) is 0 Å². The average Bonchev–Trinajstić information content (AvgIpc) is 1.35. The molecule has 0 rings (SSSR count). The van der Waals surface area contributed by atoms with Crippen LogP contribution in [0.2, 0.25) is 0 Å². The Morgan fingerprint density at radius 3 is 2.29 bits per heavy atom. The van der Waals surface area contributed by atoms with Crippen LogP contribution in [-0.2, 0) is 9.53 Å². The normalized spacial score (nSPS) is 6.57. The van der Waals surface area contributed by atoms with Crippen molar-refractivity contribution in [2.24, 2.45) is 0 Å². The molecule has 0 atom stereocenters. The molecule has 0 amide bonds. The molecule has 0 heterocycles. The number of carbonyl (C=O) groups is 1. The van der Waals surface area contributed by atoms with E-state index in [1.54, 1.807) is 0 Å². The molecule has 0 radical (unpaired) electrons. The predicted molar refractivity (Wildman–Crippen MR) is 22.0 cm³/mol. The fourth-order valence-electron chi connectivity index (χ4n) is 0.144. The van der Waals surface area contributed by atoms with Crippen molar-refractivity contribution in [2.75, 3.05) is 6.61 Å². The quantitative estimate of drug-likeness (QED) is 0.202. The van der Waals surface area contributed by atoms with Crippen LogP contribution in [0.1, 0.15) is 6.92 Å². The zero-order valence-electron chi connectivity index (χ0n) is 4.73. The fraction of sp³-hybridized carbons (Fsp3) is 0.500. The van der Waals surface area contributed by atoms with E-state index in [9.17, 15) is 4.79 Å². The number of ether oxygens (including phenoxy) is 1. The minimum Gasteiger partial charge on any atom is -0.499 e. The summed E-state index contributed by atoms with van der Waals surface area (Å²) in [6, 6.07) is 0. The van der Waals surface area contributed by atoms with Crippen LogP contribution in [0, 0.1) is 6.92 Å². The van der Waals surface area contributed by atoms with Gasteiger partial charge >= 0.3 is 18.9 Å². The van der Waals surface area contributed by atoms with Gasteiger partial charge in [0.1, 0.15) is 0 Å². The van der Waals surface area contributed by atoms with Gasteiger partial charge in [-0.05, 0) is 6.61 Å². The smallest absolute Gasteiger partial charge is 0.499 e. The largest absolute Gasteiger partial charge is 1.00 e. The predicted octanol–water partition coefficient (Wildman–Crippen LogP) is -2.61. The third-order valence-electron chi connectivity index (χ3n) is 0.305. The van der Waals surface area contributed by atoms with E-state index in [0.717, 1.165) is 0 Å².